The Labute approximate surface area is 614 Å². The van der Waals surface area contributed by atoms with Gasteiger partial charge in [-0.15, -0.1) is 0 Å². The molecule has 6 aromatic carbocycles. The predicted molar refractivity (Wildman–Crippen MR) is 362 cm³/mol. The molecule has 0 bridgehead atoms. The number of hydrogen-bond acceptors (Lipinski definition) is 10. The van der Waals surface area contributed by atoms with E-state index < -0.39 is 263 Å². The number of amides is 2. The third-order valence-electron chi connectivity index (χ3n) is 13.8. The Balaban J connectivity index is 0.000000297. The second-order valence-corrected chi connectivity index (χ2v) is 21.8. The van der Waals surface area contributed by atoms with Gasteiger partial charge in [0, 0.05) is 102 Å². The Hall–Kier alpha value is -7.92. The molecule has 0 spiro atoms. The van der Waals surface area contributed by atoms with Crippen molar-refractivity contribution in [3.63, 3.8) is 0 Å². The SMILES string of the molecule is [2H]C([2H])(Sc1nc(=O)c2c(n1CC(=O)N(C([2H])([2H])c1ccc(-c3ccc(C(F)(F)F)cc3)cc1)C([2H])([2H])C([2H])([2H])N(C([2H])([2H])C)C([2H])([2H])C)C([2H])([2H])C([2H])(C)C2([2H])[2H])c1ccc(F)cc1.[2H]c1c([2H])c(C([2H])([2H])N(C(=O)Cn2c(SC([2H])([2H])c3ccc(F)cc3)nc(=O)c3c2CCC3)C([2H])([2H])C([2H])([2H])N(C([2H])([2H])C)C([2H])([2H])C)c([2H])c([2H])c1-c1c([2H])c([2H])c(C(F)(F)F)c(C)c1[2H]. The number of halogens is 8. The molecule has 10 rings (SSSR count). The molecule has 0 radical (unpaired) electrons. The van der Waals surface area contributed by atoms with Crippen molar-refractivity contribution >= 4 is 35.3 Å². The summed E-state index contributed by atoms with van der Waals surface area (Å²) in [6, 6.07) is 5.99. The zero-order chi connectivity index (χ0) is 101. The van der Waals surface area contributed by atoms with Crippen LogP contribution in [0, 0.1) is 24.5 Å². The van der Waals surface area contributed by atoms with E-state index in [9.17, 15) is 55.7 Å². The summed E-state index contributed by atoms with van der Waals surface area (Å²) in [6.07, 6.45) is -16.1. The number of alkyl halides is 6. The van der Waals surface area contributed by atoms with Gasteiger partial charge >= 0.3 is 12.4 Å². The quantitative estimate of drug-likeness (QED) is 0.0295. The highest BCUT2D eigenvalue weighted by Gasteiger charge is 2.34. The van der Waals surface area contributed by atoms with Crippen molar-refractivity contribution in [2.75, 3.05) is 52.0 Å². The predicted octanol–water partition coefficient (Wildman–Crippen LogP) is 15.0. The Morgan fingerprint density at radius 1 is 0.573 bits per heavy atom. The molecule has 0 N–H and O–H groups in total. The number of fused-ring (bicyclic) bond motifs is 2. The number of likely N-dealkylation sites (N-methyl/N-ethyl adjacent to an activating group) is 2. The largest absolute Gasteiger partial charge is 0.416 e. The van der Waals surface area contributed by atoms with E-state index in [0.29, 0.717) is 32.3 Å². The third kappa shape index (κ3) is 19.0. The van der Waals surface area contributed by atoms with Gasteiger partial charge in [0.05, 0.1) is 31.7 Å². The van der Waals surface area contributed by atoms with E-state index in [1.54, 1.807) is 0 Å². The maximum atomic E-state index is 15.0. The smallest absolute Gasteiger partial charge is 0.336 e. The maximum Gasteiger partial charge on any atom is 0.416 e. The molecule has 12 nitrogen and oxygen atoms in total. The van der Waals surface area contributed by atoms with Gasteiger partial charge in [-0.05, 0) is 163 Å². The zero-order valence-corrected chi connectivity index (χ0v) is 53.0. The number of hydrogen-bond donors (Lipinski definition) is 0. The summed E-state index contributed by atoms with van der Waals surface area (Å²) in [5, 5.41) is -1.50. The lowest BCUT2D eigenvalue weighted by atomic mass is 9.98. The average molecular weight is 1400 g/mol. The van der Waals surface area contributed by atoms with E-state index in [-0.39, 0.29) is 91.0 Å². The number of carbonyl (C=O) groups is 2. The third-order valence-corrected chi connectivity index (χ3v) is 15.4. The van der Waals surface area contributed by atoms with Crippen LogP contribution in [-0.2, 0) is 85.0 Å². The minimum atomic E-state index is -5.26. The minimum Gasteiger partial charge on any atom is -0.336 e. The highest BCUT2D eigenvalue weighted by Crippen LogP contribution is 2.36. The zero-order valence-electron chi connectivity index (χ0n) is 87.3. The van der Waals surface area contributed by atoms with Crippen LogP contribution in [0.15, 0.2) is 159 Å². The molecule has 96 heavy (non-hydrogen) atoms. The molecule has 508 valence electrons. The Kier molecular flexibility index (Phi) is 13.1. The Bertz CT molecular complexity index is 5850. The van der Waals surface area contributed by atoms with Crippen molar-refractivity contribution in [1.82, 2.24) is 38.7 Å². The van der Waals surface area contributed by atoms with Gasteiger partial charge in [0.1, 0.15) is 24.7 Å². The van der Waals surface area contributed by atoms with Crippen LogP contribution in [0.5, 0.6) is 0 Å². The van der Waals surface area contributed by atoms with Gasteiger partial charge in [0.2, 0.25) is 11.8 Å². The van der Waals surface area contributed by atoms with Crippen LogP contribution in [0.3, 0.4) is 0 Å². The molecule has 22 heteroatoms. The van der Waals surface area contributed by atoms with Crippen molar-refractivity contribution in [3.8, 4) is 22.3 Å². The number of rotatable bonds is 26. The van der Waals surface area contributed by atoms with E-state index in [1.165, 1.54) is 12.1 Å². The van der Waals surface area contributed by atoms with Crippen molar-refractivity contribution in [2.45, 2.75) is 134 Å². The summed E-state index contributed by atoms with van der Waals surface area (Å²) in [5.74, 6) is -8.18. The molecule has 2 heterocycles. The molecular weight excluding hydrogens is 1280 g/mol. The fourth-order valence-corrected chi connectivity index (χ4v) is 10.6. The van der Waals surface area contributed by atoms with Crippen LogP contribution in [0.25, 0.3) is 22.3 Å². The van der Waals surface area contributed by atoms with Gasteiger partial charge in [0.25, 0.3) is 11.1 Å². The monoisotopic (exact) mass is 1400 g/mol. The van der Waals surface area contributed by atoms with Crippen LogP contribution in [0.1, 0.15) is 152 Å². The van der Waals surface area contributed by atoms with E-state index in [2.05, 4.69) is 9.97 Å². The molecule has 2 amide bonds. The molecule has 8 aromatic rings. The molecule has 1 unspecified atom stereocenters. The fourth-order valence-electron chi connectivity index (χ4n) is 9.07. The van der Waals surface area contributed by atoms with E-state index >= 15 is 9.59 Å². The van der Waals surface area contributed by atoms with Crippen LogP contribution in [0.4, 0.5) is 35.1 Å². The van der Waals surface area contributed by atoms with Crippen molar-refractivity contribution < 1.29 is 94.1 Å². The van der Waals surface area contributed by atoms with Gasteiger partial charge in [-0.25, -0.2) is 8.78 Å². The first-order chi connectivity index (χ1) is 59.4. The highest BCUT2D eigenvalue weighted by atomic mass is 32.2. The number of carbonyl (C=O) groups excluding carboxylic acids is 2. The molecule has 2 aliphatic rings. The normalized spacial score (nSPS) is 22.7. The van der Waals surface area contributed by atoms with Gasteiger partial charge in [-0.3, -0.25) is 19.2 Å². The number of aromatic nitrogens is 4. The van der Waals surface area contributed by atoms with Gasteiger partial charge < -0.3 is 28.7 Å². The topological polar surface area (TPSA) is 117 Å². The van der Waals surface area contributed by atoms with Crippen molar-refractivity contribution in [2.24, 2.45) is 5.89 Å². The van der Waals surface area contributed by atoms with E-state index in [1.807, 2.05) is 0 Å². The first kappa shape index (κ1) is 38.3. The van der Waals surface area contributed by atoms with Crippen LogP contribution in [-0.4, -0.2) is 102 Å². The molecule has 0 aliphatic heterocycles. The average Bonchev–Trinajstić information content (AvgIpc) is 1.49. The molecular formula is C74H80F8N8O4S2. The molecule has 0 saturated heterocycles. The molecule has 1 atom stereocenters. The number of nitrogens with zero attached hydrogens (tertiary/aromatic N) is 8. The number of thioether (sulfide) groups is 2. The molecule has 2 aliphatic carbocycles. The summed E-state index contributed by atoms with van der Waals surface area (Å²) < 4.78 is 427. The van der Waals surface area contributed by atoms with E-state index in [4.69, 9.17) is 38.4 Å². The Morgan fingerprint density at radius 2 is 1.03 bits per heavy atom. The lowest BCUT2D eigenvalue weighted by Gasteiger charge is -2.28. The summed E-state index contributed by atoms with van der Waals surface area (Å²) >= 11 is 0.222. The molecule has 2 aromatic heterocycles. The second kappa shape index (κ2) is 32.9. The van der Waals surface area contributed by atoms with Crippen molar-refractivity contribution in [1.29, 1.82) is 0 Å². The summed E-state index contributed by atoms with van der Waals surface area (Å²) in [7, 11) is 0. The van der Waals surface area contributed by atoms with Crippen LogP contribution in [0.2, 0.25) is 0 Å². The first-order valence-electron chi connectivity index (χ1n) is 46.4. The lowest BCUT2D eigenvalue weighted by molar-refractivity contribution is -0.138. The second-order valence-electron chi connectivity index (χ2n) is 20.2. The van der Waals surface area contributed by atoms with Gasteiger partial charge in [-0.1, -0.05) is 155 Å². The number of benzene rings is 6. The summed E-state index contributed by atoms with van der Waals surface area (Å²) in [6.45, 7) is -36.0. The maximum absolute atomic E-state index is 15.0. The highest BCUT2D eigenvalue weighted by molar-refractivity contribution is 7.98. The fraction of sp³-hybridized carbons (Fsp3) is 0.378. The van der Waals surface area contributed by atoms with Gasteiger partial charge in [-0.2, -0.15) is 36.3 Å². The molecule has 0 saturated carbocycles. The molecule has 0 fully saturated rings. The Morgan fingerprint density at radius 3 is 1.52 bits per heavy atom. The van der Waals surface area contributed by atoms with Crippen molar-refractivity contribution in [3.05, 3.63) is 233 Å². The van der Waals surface area contributed by atoms with Gasteiger partial charge in [0.15, 0.2) is 10.3 Å². The van der Waals surface area contributed by atoms with Crippen LogP contribution < -0.4 is 11.1 Å². The first-order valence-corrected chi connectivity index (χ1v) is 30.1. The minimum absolute atomic E-state index is 0.00367. The standard InChI is InChI=1S/2C37H40F4N4O2S/c1-4-43(5-2)18-19-44(22-26-6-10-28(11-7-26)29-12-14-30(15-13-29)37(39,40)41)34(46)23-45-33-21-25(3)20-32(33)35(47)42-36(45)48-24-27-8-16-31(38)17-9-27;1-4-43(5-2)19-20-44(22-26-9-13-28(14-10-26)29-15-18-32(25(3)21-29)37(39,40)41)34(46)23-45-33-8-6-7-31(33)35(47)42-36(45)48-24-27-11-16-30(38)17-12-27/h6-17,25H,4-5,18-24H2,1-3H3;9-18,21H,4-8,19-20,22-24H2,1-3H3/i4D2,5D2,18D2,19D2,20D2,21D2,22D2,24D2,25D;4D2,5D2,9D,10D,13D,14D,15D,18D,19D2,20D2,21D,22D2,24D2. The summed E-state index contributed by atoms with van der Waals surface area (Å²) in [5.41, 5.74) is -17.9. The van der Waals surface area contributed by atoms with E-state index in [0.717, 1.165) is 103 Å². The summed E-state index contributed by atoms with van der Waals surface area (Å²) in [4.78, 5) is 63.2. The van der Waals surface area contributed by atoms with Crippen LogP contribution >= 0.6 is 23.5 Å². The lowest BCUT2D eigenvalue weighted by Crippen LogP contribution is -2.40.